The molecule has 62 valence electrons. The minimum Gasteiger partial charge on any atom is -0.370 e. The zero-order valence-electron chi connectivity index (χ0n) is 7.12. The largest absolute Gasteiger partial charge is 0.370 e. The molecular weight excluding hydrogens is 136 g/mol. The van der Waals surface area contributed by atoms with Crippen LogP contribution in [0, 0.1) is 0 Å². The SMILES string of the molecule is CC=CCOC1C=CCCC1. The summed E-state index contributed by atoms with van der Waals surface area (Å²) in [5.74, 6) is 0. The summed E-state index contributed by atoms with van der Waals surface area (Å²) in [7, 11) is 0. The zero-order valence-corrected chi connectivity index (χ0v) is 7.12. The molecule has 1 nitrogen and oxygen atoms in total. The molecule has 0 N–H and O–H groups in total. The van der Waals surface area contributed by atoms with E-state index in [9.17, 15) is 0 Å². The van der Waals surface area contributed by atoms with Crippen molar-refractivity contribution in [1.29, 1.82) is 0 Å². The quantitative estimate of drug-likeness (QED) is 0.565. The van der Waals surface area contributed by atoms with Crippen LogP contribution in [0.4, 0.5) is 0 Å². The van der Waals surface area contributed by atoms with Crippen LogP contribution in [-0.4, -0.2) is 12.7 Å². The van der Waals surface area contributed by atoms with Crippen LogP contribution in [0.25, 0.3) is 0 Å². The third kappa shape index (κ3) is 3.38. The van der Waals surface area contributed by atoms with Gasteiger partial charge in [0, 0.05) is 0 Å². The van der Waals surface area contributed by atoms with Crippen LogP contribution < -0.4 is 0 Å². The van der Waals surface area contributed by atoms with Gasteiger partial charge in [-0.3, -0.25) is 0 Å². The highest BCUT2D eigenvalue weighted by molar-refractivity contribution is 4.94. The molecule has 0 saturated carbocycles. The molecule has 0 amide bonds. The Morgan fingerprint density at radius 2 is 2.55 bits per heavy atom. The summed E-state index contributed by atoms with van der Waals surface area (Å²) < 4.78 is 5.55. The lowest BCUT2D eigenvalue weighted by Crippen LogP contribution is -2.12. The summed E-state index contributed by atoms with van der Waals surface area (Å²) in [6.07, 6.45) is 12.5. The molecule has 11 heavy (non-hydrogen) atoms. The average molecular weight is 152 g/mol. The maximum Gasteiger partial charge on any atom is 0.0760 e. The van der Waals surface area contributed by atoms with Crippen LogP contribution in [0.3, 0.4) is 0 Å². The lowest BCUT2D eigenvalue weighted by Gasteiger charge is -2.15. The Hall–Kier alpha value is -0.560. The number of hydrogen-bond acceptors (Lipinski definition) is 1. The molecule has 0 bridgehead atoms. The summed E-state index contributed by atoms with van der Waals surface area (Å²) in [6.45, 7) is 2.77. The maximum atomic E-state index is 5.55. The van der Waals surface area contributed by atoms with Gasteiger partial charge < -0.3 is 4.74 Å². The van der Waals surface area contributed by atoms with E-state index in [4.69, 9.17) is 4.74 Å². The predicted molar refractivity (Wildman–Crippen MR) is 47.5 cm³/mol. The highest BCUT2D eigenvalue weighted by Crippen LogP contribution is 2.12. The summed E-state index contributed by atoms with van der Waals surface area (Å²) >= 11 is 0. The van der Waals surface area contributed by atoms with E-state index in [-0.39, 0.29) is 0 Å². The normalized spacial score (nSPS) is 24.6. The van der Waals surface area contributed by atoms with E-state index in [1.165, 1.54) is 19.3 Å². The van der Waals surface area contributed by atoms with Gasteiger partial charge in [-0.2, -0.15) is 0 Å². The molecule has 0 aliphatic heterocycles. The van der Waals surface area contributed by atoms with E-state index in [2.05, 4.69) is 12.2 Å². The van der Waals surface area contributed by atoms with Gasteiger partial charge in [0.25, 0.3) is 0 Å². The topological polar surface area (TPSA) is 9.23 Å². The highest BCUT2D eigenvalue weighted by Gasteiger charge is 2.06. The van der Waals surface area contributed by atoms with Gasteiger partial charge >= 0.3 is 0 Å². The lowest BCUT2D eigenvalue weighted by molar-refractivity contribution is 0.0979. The number of hydrogen-bond donors (Lipinski definition) is 0. The predicted octanol–water partition coefficient (Wildman–Crippen LogP) is 2.69. The molecule has 1 aliphatic rings. The first-order chi connectivity index (χ1) is 5.43. The first-order valence-electron chi connectivity index (χ1n) is 4.33. The summed E-state index contributed by atoms with van der Waals surface area (Å²) in [4.78, 5) is 0. The minimum absolute atomic E-state index is 0.375. The second kappa shape index (κ2) is 5.14. The second-order valence-corrected chi connectivity index (χ2v) is 2.80. The van der Waals surface area contributed by atoms with Crippen LogP contribution in [0.1, 0.15) is 26.2 Å². The van der Waals surface area contributed by atoms with Crippen molar-refractivity contribution in [3.05, 3.63) is 24.3 Å². The molecule has 0 spiro atoms. The fourth-order valence-corrected chi connectivity index (χ4v) is 1.20. The van der Waals surface area contributed by atoms with Gasteiger partial charge in [-0.25, -0.2) is 0 Å². The highest BCUT2D eigenvalue weighted by atomic mass is 16.5. The molecule has 0 fully saturated rings. The molecular formula is C10H16O. The Labute approximate surface area is 68.8 Å². The van der Waals surface area contributed by atoms with Crippen molar-refractivity contribution in [2.24, 2.45) is 0 Å². The number of ether oxygens (including phenoxy) is 1. The second-order valence-electron chi connectivity index (χ2n) is 2.80. The fraction of sp³-hybridized carbons (Fsp3) is 0.600. The molecule has 1 rings (SSSR count). The van der Waals surface area contributed by atoms with Gasteiger partial charge in [-0.15, -0.1) is 0 Å². The van der Waals surface area contributed by atoms with Gasteiger partial charge in [0.2, 0.25) is 0 Å². The molecule has 1 aliphatic carbocycles. The van der Waals surface area contributed by atoms with E-state index in [1.807, 2.05) is 19.1 Å². The molecule has 0 aromatic rings. The van der Waals surface area contributed by atoms with Crippen molar-refractivity contribution in [3.63, 3.8) is 0 Å². The van der Waals surface area contributed by atoms with E-state index in [1.54, 1.807) is 0 Å². The van der Waals surface area contributed by atoms with E-state index >= 15 is 0 Å². The zero-order chi connectivity index (χ0) is 7.94. The Morgan fingerprint density at radius 3 is 3.18 bits per heavy atom. The molecule has 0 aromatic carbocycles. The Kier molecular flexibility index (Phi) is 3.99. The van der Waals surface area contributed by atoms with Crippen molar-refractivity contribution in [2.75, 3.05) is 6.61 Å². The first kappa shape index (κ1) is 8.54. The molecule has 0 aromatic heterocycles. The lowest BCUT2D eigenvalue weighted by atomic mass is 10.1. The minimum atomic E-state index is 0.375. The number of allylic oxidation sites excluding steroid dienone is 2. The van der Waals surface area contributed by atoms with Crippen LogP contribution >= 0.6 is 0 Å². The van der Waals surface area contributed by atoms with Crippen molar-refractivity contribution in [1.82, 2.24) is 0 Å². The van der Waals surface area contributed by atoms with Gasteiger partial charge in [-0.05, 0) is 26.2 Å². The number of rotatable bonds is 3. The Morgan fingerprint density at radius 1 is 1.64 bits per heavy atom. The van der Waals surface area contributed by atoms with Crippen molar-refractivity contribution in [3.8, 4) is 0 Å². The van der Waals surface area contributed by atoms with Crippen molar-refractivity contribution in [2.45, 2.75) is 32.3 Å². The summed E-state index contributed by atoms with van der Waals surface area (Å²) in [5, 5.41) is 0. The molecule has 1 heteroatoms. The Bertz CT molecular complexity index is 147. The molecule has 0 heterocycles. The third-order valence-electron chi connectivity index (χ3n) is 1.85. The van der Waals surface area contributed by atoms with Crippen molar-refractivity contribution >= 4 is 0 Å². The van der Waals surface area contributed by atoms with Crippen LogP contribution in [0.5, 0.6) is 0 Å². The smallest absolute Gasteiger partial charge is 0.0760 e. The molecule has 1 unspecified atom stereocenters. The van der Waals surface area contributed by atoms with Crippen LogP contribution in [0.15, 0.2) is 24.3 Å². The van der Waals surface area contributed by atoms with Gasteiger partial charge in [-0.1, -0.05) is 24.3 Å². The Balaban J connectivity index is 2.15. The first-order valence-corrected chi connectivity index (χ1v) is 4.33. The van der Waals surface area contributed by atoms with Gasteiger partial charge in [0.05, 0.1) is 12.7 Å². The fourth-order valence-electron chi connectivity index (χ4n) is 1.20. The van der Waals surface area contributed by atoms with Crippen LogP contribution in [0.2, 0.25) is 0 Å². The molecule has 0 radical (unpaired) electrons. The average Bonchev–Trinajstić information content (AvgIpc) is 2.07. The molecule has 0 saturated heterocycles. The van der Waals surface area contributed by atoms with E-state index < -0.39 is 0 Å². The van der Waals surface area contributed by atoms with Gasteiger partial charge in [0.15, 0.2) is 0 Å². The standard InChI is InChI=1S/C10H16O/c1-2-3-9-11-10-7-5-4-6-8-10/h2-3,5,7,10H,4,6,8-9H2,1H3. The summed E-state index contributed by atoms with van der Waals surface area (Å²) in [6, 6.07) is 0. The maximum absolute atomic E-state index is 5.55. The van der Waals surface area contributed by atoms with E-state index in [0.29, 0.717) is 6.10 Å². The van der Waals surface area contributed by atoms with Crippen LogP contribution in [-0.2, 0) is 4.74 Å². The van der Waals surface area contributed by atoms with Gasteiger partial charge in [0.1, 0.15) is 0 Å². The van der Waals surface area contributed by atoms with E-state index in [0.717, 1.165) is 6.61 Å². The molecule has 1 atom stereocenters. The van der Waals surface area contributed by atoms with Crippen molar-refractivity contribution < 1.29 is 4.74 Å². The third-order valence-corrected chi connectivity index (χ3v) is 1.85. The summed E-state index contributed by atoms with van der Waals surface area (Å²) in [5.41, 5.74) is 0. The monoisotopic (exact) mass is 152 g/mol.